The van der Waals surface area contributed by atoms with Gasteiger partial charge in [0.1, 0.15) is 0 Å². The predicted molar refractivity (Wildman–Crippen MR) is 133 cm³/mol. The first kappa shape index (κ1) is 20.5. The van der Waals surface area contributed by atoms with E-state index < -0.39 is 0 Å². The molecule has 1 amide bonds. The average Bonchev–Trinajstić information content (AvgIpc) is 3.37. The molecule has 5 atom stereocenters. The van der Waals surface area contributed by atoms with Crippen molar-refractivity contribution < 1.29 is 4.79 Å². The van der Waals surface area contributed by atoms with Gasteiger partial charge in [-0.3, -0.25) is 4.79 Å². The van der Waals surface area contributed by atoms with Crippen LogP contribution < -0.4 is 10.6 Å². The lowest BCUT2D eigenvalue weighted by molar-refractivity contribution is 0.0950. The Balaban J connectivity index is 1.31. The molecule has 33 heavy (non-hydrogen) atoms. The number of hydrogen-bond acceptors (Lipinski definition) is 2. The summed E-state index contributed by atoms with van der Waals surface area (Å²) >= 11 is 0. The number of carbonyl (C=O) groups excluding carboxylic acids is 1. The number of amides is 1. The molecular formula is C30H32N2O. The maximum Gasteiger partial charge on any atom is 0.251 e. The van der Waals surface area contributed by atoms with Crippen LogP contribution >= 0.6 is 0 Å². The first-order valence-electron chi connectivity index (χ1n) is 12.6. The van der Waals surface area contributed by atoms with Crippen LogP contribution in [0.3, 0.4) is 0 Å². The summed E-state index contributed by atoms with van der Waals surface area (Å²) in [5.41, 5.74) is 5.86. The van der Waals surface area contributed by atoms with Gasteiger partial charge in [0.15, 0.2) is 0 Å². The van der Waals surface area contributed by atoms with Gasteiger partial charge in [0.2, 0.25) is 0 Å². The van der Waals surface area contributed by atoms with Crippen molar-refractivity contribution in [2.45, 2.75) is 50.6 Å². The van der Waals surface area contributed by atoms with Crippen molar-refractivity contribution in [2.75, 3.05) is 5.32 Å². The second kappa shape index (κ2) is 8.70. The lowest BCUT2D eigenvalue weighted by Crippen LogP contribution is -2.41. The Morgan fingerprint density at radius 2 is 1.67 bits per heavy atom. The summed E-state index contributed by atoms with van der Waals surface area (Å²) in [5.74, 6) is 2.79. The number of carbonyl (C=O) groups is 1. The summed E-state index contributed by atoms with van der Waals surface area (Å²) in [6.45, 7) is 0.556. The van der Waals surface area contributed by atoms with Crippen LogP contribution in [0, 0.1) is 17.8 Å². The predicted octanol–water partition coefficient (Wildman–Crippen LogP) is 6.69. The zero-order valence-corrected chi connectivity index (χ0v) is 19.0. The SMILES string of the molecule is O=C(NCc1ccccc1)c1ccc2c(c1)C1CCC3CCCC3C1C(c1ccccc1)N2. The Hall–Kier alpha value is -3.07. The van der Waals surface area contributed by atoms with Crippen LogP contribution in [0.25, 0.3) is 0 Å². The van der Waals surface area contributed by atoms with Crippen molar-refractivity contribution in [3.05, 3.63) is 101 Å². The van der Waals surface area contributed by atoms with Crippen molar-refractivity contribution >= 4 is 11.6 Å². The molecule has 2 aliphatic carbocycles. The largest absolute Gasteiger partial charge is 0.378 e. The van der Waals surface area contributed by atoms with Gasteiger partial charge in [-0.05, 0) is 77.8 Å². The summed E-state index contributed by atoms with van der Waals surface area (Å²) in [4.78, 5) is 13.0. The van der Waals surface area contributed by atoms with Gasteiger partial charge < -0.3 is 10.6 Å². The minimum Gasteiger partial charge on any atom is -0.378 e. The third-order valence-corrected chi connectivity index (χ3v) is 8.39. The number of fused-ring (bicyclic) bond motifs is 5. The fraction of sp³-hybridized carbons (Fsp3) is 0.367. The van der Waals surface area contributed by atoms with Gasteiger partial charge in [-0.15, -0.1) is 0 Å². The highest BCUT2D eigenvalue weighted by Gasteiger charge is 2.48. The number of anilines is 1. The van der Waals surface area contributed by atoms with Crippen LogP contribution in [0.5, 0.6) is 0 Å². The van der Waals surface area contributed by atoms with E-state index in [0.717, 1.165) is 23.0 Å². The summed E-state index contributed by atoms with van der Waals surface area (Å²) < 4.78 is 0. The second-order valence-corrected chi connectivity index (χ2v) is 10.1. The molecule has 0 aromatic heterocycles. The van der Waals surface area contributed by atoms with Crippen molar-refractivity contribution in [3.63, 3.8) is 0 Å². The minimum absolute atomic E-state index is 0.0120. The van der Waals surface area contributed by atoms with E-state index in [-0.39, 0.29) is 5.91 Å². The van der Waals surface area contributed by atoms with Gasteiger partial charge in [0.25, 0.3) is 5.91 Å². The quantitative estimate of drug-likeness (QED) is 0.478. The van der Waals surface area contributed by atoms with Gasteiger partial charge in [0.05, 0.1) is 6.04 Å². The van der Waals surface area contributed by atoms with E-state index in [2.05, 4.69) is 53.1 Å². The first-order valence-corrected chi connectivity index (χ1v) is 12.6. The lowest BCUT2D eigenvalue weighted by atomic mass is 9.60. The maximum absolute atomic E-state index is 13.0. The summed E-state index contributed by atoms with van der Waals surface area (Å²) in [6.07, 6.45) is 6.68. The van der Waals surface area contributed by atoms with Crippen molar-refractivity contribution in [1.82, 2.24) is 5.32 Å². The van der Waals surface area contributed by atoms with Gasteiger partial charge in [-0.25, -0.2) is 0 Å². The minimum atomic E-state index is 0.0120. The third-order valence-electron chi connectivity index (χ3n) is 8.39. The van der Waals surface area contributed by atoms with E-state index >= 15 is 0 Å². The first-order chi connectivity index (χ1) is 16.3. The fourth-order valence-electron chi connectivity index (χ4n) is 6.91. The highest BCUT2D eigenvalue weighted by Crippen LogP contribution is 2.58. The number of rotatable bonds is 4. The molecule has 168 valence electrons. The average molecular weight is 437 g/mol. The molecular weight excluding hydrogens is 404 g/mol. The summed E-state index contributed by atoms with van der Waals surface area (Å²) in [7, 11) is 0. The molecule has 3 aliphatic rings. The summed E-state index contributed by atoms with van der Waals surface area (Å²) in [5, 5.41) is 7.02. The van der Waals surface area contributed by atoms with E-state index in [1.807, 2.05) is 36.4 Å². The Morgan fingerprint density at radius 3 is 2.48 bits per heavy atom. The molecule has 6 rings (SSSR count). The molecule has 3 nitrogen and oxygen atoms in total. The van der Waals surface area contributed by atoms with E-state index in [9.17, 15) is 4.79 Å². The van der Waals surface area contributed by atoms with E-state index in [1.54, 1.807) is 0 Å². The highest BCUT2D eigenvalue weighted by atomic mass is 16.1. The van der Waals surface area contributed by atoms with E-state index in [1.165, 1.54) is 48.9 Å². The van der Waals surface area contributed by atoms with Crippen LogP contribution in [0.4, 0.5) is 5.69 Å². The standard InChI is InChI=1S/C30H32N2O/c33-30(31-19-20-8-3-1-4-9-20)23-15-17-27-26(18-23)25-16-14-21-12-7-13-24(21)28(25)29(32-27)22-10-5-2-6-11-22/h1-6,8-11,15,17-18,21,24-25,28-29,32H,7,12-14,16,19H2,(H,31,33). The Kier molecular flexibility index (Phi) is 5.41. The maximum atomic E-state index is 13.0. The van der Waals surface area contributed by atoms with Gasteiger partial charge >= 0.3 is 0 Å². The normalized spacial score (nSPS) is 27.6. The Bertz CT molecular complexity index is 1130. The van der Waals surface area contributed by atoms with Gasteiger partial charge in [-0.2, -0.15) is 0 Å². The van der Waals surface area contributed by atoms with E-state index in [4.69, 9.17) is 0 Å². The Morgan fingerprint density at radius 1 is 0.879 bits per heavy atom. The van der Waals surface area contributed by atoms with Crippen molar-refractivity contribution in [2.24, 2.45) is 17.8 Å². The van der Waals surface area contributed by atoms with Crippen molar-refractivity contribution in [3.8, 4) is 0 Å². The van der Waals surface area contributed by atoms with Crippen LogP contribution in [-0.2, 0) is 6.54 Å². The zero-order valence-electron chi connectivity index (χ0n) is 19.0. The molecule has 0 bridgehead atoms. The van der Waals surface area contributed by atoms with Crippen LogP contribution in [0.1, 0.15) is 71.1 Å². The highest BCUT2D eigenvalue weighted by molar-refractivity contribution is 5.95. The topological polar surface area (TPSA) is 41.1 Å². The number of nitrogens with one attached hydrogen (secondary N) is 2. The van der Waals surface area contributed by atoms with Crippen LogP contribution in [-0.4, -0.2) is 5.91 Å². The van der Waals surface area contributed by atoms with Gasteiger partial charge in [-0.1, -0.05) is 73.5 Å². The molecule has 3 aromatic rings. The molecule has 2 saturated carbocycles. The molecule has 0 spiro atoms. The monoisotopic (exact) mass is 436 g/mol. The van der Waals surface area contributed by atoms with Crippen LogP contribution in [0.2, 0.25) is 0 Å². The summed E-state index contributed by atoms with van der Waals surface area (Å²) in [6, 6.07) is 27.8. The second-order valence-electron chi connectivity index (χ2n) is 10.1. The molecule has 3 aromatic carbocycles. The Labute approximate surface area is 196 Å². The molecule has 3 heteroatoms. The fourth-order valence-corrected chi connectivity index (χ4v) is 6.91. The third kappa shape index (κ3) is 3.84. The van der Waals surface area contributed by atoms with E-state index in [0.29, 0.717) is 24.4 Å². The molecule has 2 fully saturated rings. The molecule has 0 saturated heterocycles. The molecule has 1 heterocycles. The number of hydrogen-bond donors (Lipinski definition) is 2. The molecule has 0 radical (unpaired) electrons. The smallest absolute Gasteiger partial charge is 0.251 e. The molecule has 2 N–H and O–H groups in total. The lowest BCUT2D eigenvalue weighted by Gasteiger charge is -2.49. The molecule has 5 unspecified atom stereocenters. The van der Waals surface area contributed by atoms with Gasteiger partial charge in [0, 0.05) is 17.8 Å². The van der Waals surface area contributed by atoms with Crippen molar-refractivity contribution in [1.29, 1.82) is 0 Å². The number of benzene rings is 3. The van der Waals surface area contributed by atoms with Crippen LogP contribution in [0.15, 0.2) is 78.9 Å². The zero-order chi connectivity index (χ0) is 22.2. The molecule has 1 aliphatic heterocycles.